The zero-order valence-electron chi connectivity index (χ0n) is 14.9. The molecule has 5 nitrogen and oxygen atoms in total. The summed E-state index contributed by atoms with van der Waals surface area (Å²) in [6.07, 6.45) is 0. The number of hydrogen-bond donors (Lipinski definition) is 0. The van der Waals surface area contributed by atoms with Crippen LogP contribution in [0.2, 0.25) is 0 Å². The second-order valence-corrected chi connectivity index (χ2v) is 7.68. The minimum absolute atomic E-state index is 0.101. The number of carbonyl (C=O) groups is 2. The van der Waals surface area contributed by atoms with E-state index in [1.54, 1.807) is 63.4 Å². The summed E-state index contributed by atoms with van der Waals surface area (Å²) >= 11 is 1.62. The van der Waals surface area contributed by atoms with Crippen molar-refractivity contribution >= 4 is 23.2 Å². The number of carbonyl (C=O) groups excluding carboxylic acids is 2. The quantitative estimate of drug-likeness (QED) is 0.736. The Morgan fingerprint density at radius 1 is 1.16 bits per heavy atom. The van der Waals surface area contributed by atoms with E-state index in [1.165, 1.54) is 4.90 Å². The van der Waals surface area contributed by atoms with Gasteiger partial charge < -0.3 is 14.4 Å². The van der Waals surface area contributed by atoms with Crippen LogP contribution in [0.3, 0.4) is 0 Å². The van der Waals surface area contributed by atoms with E-state index in [2.05, 4.69) is 0 Å². The standard InChI is InChI=1S/C19H23NO4S/c1-19(2,3)24-17(21)12-20(4)18(22)14-7-5-8-15(11-14)23-13-16-9-6-10-25-16/h5-11H,12-13H2,1-4H3. The molecular formula is C19H23NO4S. The highest BCUT2D eigenvalue weighted by Gasteiger charge is 2.20. The van der Waals surface area contributed by atoms with Crippen LogP contribution in [0.4, 0.5) is 0 Å². The van der Waals surface area contributed by atoms with Gasteiger partial charge in [0.05, 0.1) is 0 Å². The number of rotatable bonds is 6. The Balaban J connectivity index is 1.96. The van der Waals surface area contributed by atoms with Gasteiger partial charge in [-0.25, -0.2) is 0 Å². The highest BCUT2D eigenvalue weighted by atomic mass is 32.1. The van der Waals surface area contributed by atoms with Gasteiger partial charge in [0.15, 0.2) is 0 Å². The van der Waals surface area contributed by atoms with Crippen LogP contribution in [0.5, 0.6) is 5.75 Å². The Bertz CT molecular complexity index is 719. The van der Waals surface area contributed by atoms with Crippen LogP contribution in [-0.2, 0) is 16.1 Å². The number of likely N-dealkylation sites (N-methyl/N-ethyl adjacent to an activating group) is 1. The predicted molar refractivity (Wildman–Crippen MR) is 97.9 cm³/mol. The van der Waals surface area contributed by atoms with E-state index in [0.29, 0.717) is 17.9 Å². The molecule has 1 aromatic heterocycles. The number of thiophene rings is 1. The van der Waals surface area contributed by atoms with E-state index in [0.717, 1.165) is 4.88 Å². The van der Waals surface area contributed by atoms with Gasteiger partial charge in [-0.15, -0.1) is 11.3 Å². The van der Waals surface area contributed by atoms with Gasteiger partial charge in [-0.05, 0) is 50.4 Å². The third-order valence-corrected chi connectivity index (χ3v) is 4.03. The number of benzene rings is 1. The summed E-state index contributed by atoms with van der Waals surface area (Å²) in [5, 5.41) is 1.99. The molecule has 0 bridgehead atoms. The summed E-state index contributed by atoms with van der Waals surface area (Å²) < 4.78 is 11.0. The molecule has 0 fully saturated rings. The van der Waals surface area contributed by atoms with E-state index in [-0.39, 0.29) is 12.5 Å². The number of esters is 1. The largest absolute Gasteiger partial charge is 0.488 e. The van der Waals surface area contributed by atoms with Crippen molar-refractivity contribution < 1.29 is 19.1 Å². The van der Waals surface area contributed by atoms with Crippen molar-refractivity contribution in [3.05, 3.63) is 52.2 Å². The van der Waals surface area contributed by atoms with Crippen LogP contribution in [-0.4, -0.2) is 36.0 Å². The Kier molecular flexibility index (Phi) is 6.20. The predicted octanol–water partition coefficient (Wildman–Crippen LogP) is 3.74. The first kappa shape index (κ1) is 19.0. The molecule has 0 aliphatic carbocycles. The molecular weight excluding hydrogens is 338 g/mol. The van der Waals surface area contributed by atoms with E-state index in [4.69, 9.17) is 9.47 Å². The van der Waals surface area contributed by atoms with Gasteiger partial charge in [0.1, 0.15) is 24.5 Å². The third kappa shape index (κ3) is 6.23. The molecule has 0 N–H and O–H groups in total. The van der Waals surface area contributed by atoms with E-state index < -0.39 is 11.6 Å². The van der Waals surface area contributed by atoms with Gasteiger partial charge in [0, 0.05) is 17.5 Å². The van der Waals surface area contributed by atoms with Crippen molar-refractivity contribution in [1.82, 2.24) is 4.90 Å². The first-order chi connectivity index (χ1) is 11.7. The molecule has 25 heavy (non-hydrogen) atoms. The van der Waals surface area contributed by atoms with Crippen LogP contribution in [0.15, 0.2) is 41.8 Å². The topological polar surface area (TPSA) is 55.8 Å². The molecule has 2 rings (SSSR count). The van der Waals surface area contributed by atoms with E-state index >= 15 is 0 Å². The van der Waals surface area contributed by atoms with Crippen molar-refractivity contribution in [2.45, 2.75) is 33.0 Å². The second kappa shape index (κ2) is 8.16. The van der Waals surface area contributed by atoms with Crippen LogP contribution in [0.25, 0.3) is 0 Å². The minimum Gasteiger partial charge on any atom is -0.488 e. The van der Waals surface area contributed by atoms with Crippen LogP contribution in [0.1, 0.15) is 36.0 Å². The van der Waals surface area contributed by atoms with Crippen molar-refractivity contribution in [1.29, 1.82) is 0 Å². The van der Waals surface area contributed by atoms with Crippen LogP contribution >= 0.6 is 11.3 Å². The first-order valence-electron chi connectivity index (χ1n) is 7.97. The smallest absolute Gasteiger partial charge is 0.326 e. The Morgan fingerprint density at radius 2 is 1.92 bits per heavy atom. The van der Waals surface area contributed by atoms with Crippen LogP contribution in [0, 0.1) is 0 Å². The van der Waals surface area contributed by atoms with Crippen molar-refractivity contribution in [2.75, 3.05) is 13.6 Å². The van der Waals surface area contributed by atoms with Crippen molar-refractivity contribution in [3.63, 3.8) is 0 Å². The average molecular weight is 361 g/mol. The summed E-state index contributed by atoms with van der Waals surface area (Å²) in [5.41, 5.74) is -0.106. The second-order valence-electron chi connectivity index (χ2n) is 6.64. The molecule has 1 amide bonds. The molecule has 134 valence electrons. The van der Waals surface area contributed by atoms with Gasteiger partial charge in [0.25, 0.3) is 5.91 Å². The fourth-order valence-corrected chi connectivity index (χ4v) is 2.74. The van der Waals surface area contributed by atoms with Crippen molar-refractivity contribution in [2.24, 2.45) is 0 Å². The molecule has 1 heterocycles. The highest BCUT2D eigenvalue weighted by Crippen LogP contribution is 2.18. The van der Waals surface area contributed by atoms with Crippen molar-refractivity contribution in [3.8, 4) is 5.75 Å². The zero-order chi connectivity index (χ0) is 18.4. The SMILES string of the molecule is CN(CC(=O)OC(C)(C)C)C(=O)c1cccc(OCc2cccs2)c1. The Labute approximate surface area is 152 Å². The number of amides is 1. The Morgan fingerprint density at radius 3 is 2.56 bits per heavy atom. The van der Waals surface area contributed by atoms with Gasteiger partial charge >= 0.3 is 5.97 Å². The van der Waals surface area contributed by atoms with E-state index in [1.807, 2.05) is 17.5 Å². The van der Waals surface area contributed by atoms with Gasteiger partial charge in [-0.1, -0.05) is 12.1 Å². The zero-order valence-corrected chi connectivity index (χ0v) is 15.8. The normalized spacial score (nSPS) is 11.0. The van der Waals surface area contributed by atoms with Gasteiger partial charge in [-0.2, -0.15) is 0 Å². The summed E-state index contributed by atoms with van der Waals surface area (Å²) in [6.45, 7) is 5.74. The monoisotopic (exact) mass is 361 g/mol. The molecule has 0 saturated carbocycles. The van der Waals surface area contributed by atoms with Gasteiger partial charge in [0.2, 0.25) is 0 Å². The molecule has 0 spiro atoms. The summed E-state index contributed by atoms with van der Waals surface area (Å²) in [6, 6.07) is 10.9. The molecule has 1 aromatic carbocycles. The minimum atomic E-state index is -0.573. The first-order valence-corrected chi connectivity index (χ1v) is 8.85. The highest BCUT2D eigenvalue weighted by molar-refractivity contribution is 7.09. The molecule has 0 unspecified atom stereocenters. The number of ether oxygens (including phenoxy) is 2. The number of nitrogens with zero attached hydrogens (tertiary/aromatic N) is 1. The van der Waals surface area contributed by atoms with E-state index in [9.17, 15) is 9.59 Å². The lowest BCUT2D eigenvalue weighted by Crippen LogP contribution is -2.36. The lowest BCUT2D eigenvalue weighted by Gasteiger charge is -2.22. The summed E-state index contributed by atoms with van der Waals surface area (Å²) in [4.78, 5) is 26.8. The van der Waals surface area contributed by atoms with Gasteiger partial charge in [-0.3, -0.25) is 9.59 Å². The molecule has 6 heteroatoms. The molecule has 0 aliphatic rings. The Hall–Kier alpha value is -2.34. The number of hydrogen-bond acceptors (Lipinski definition) is 5. The lowest BCUT2D eigenvalue weighted by atomic mass is 10.2. The maximum absolute atomic E-state index is 12.5. The third-order valence-electron chi connectivity index (χ3n) is 3.18. The fraction of sp³-hybridized carbons (Fsp3) is 0.368. The molecule has 2 aromatic rings. The summed E-state index contributed by atoms with van der Waals surface area (Å²) in [5.74, 6) is -0.0780. The maximum atomic E-state index is 12.5. The molecule has 0 radical (unpaired) electrons. The molecule has 0 aliphatic heterocycles. The van der Waals surface area contributed by atoms with Crippen LogP contribution < -0.4 is 4.74 Å². The molecule has 0 atom stereocenters. The molecule has 0 saturated heterocycles. The lowest BCUT2D eigenvalue weighted by molar-refractivity contribution is -0.155. The summed E-state index contributed by atoms with van der Waals surface area (Å²) in [7, 11) is 1.57. The average Bonchev–Trinajstić information content (AvgIpc) is 3.04. The maximum Gasteiger partial charge on any atom is 0.326 e. The fourth-order valence-electron chi connectivity index (χ4n) is 2.13.